The molecule has 1 fully saturated rings. The van der Waals surface area contributed by atoms with E-state index in [9.17, 15) is 9.90 Å². The molecular weight excluding hydrogens is 284 g/mol. The standard InChI is InChI=1S/C13H18N2O2S.ClH/c1-10-8-14-6-7-15(10)13(17)9-18-12-4-2-11(16)3-5-12;/h2-5,10,14,16H,6-9H2,1H3;1H/t10-;/m1./s1. The van der Waals surface area contributed by atoms with E-state index in [0.29, 0.717) is 5.75 Å². The summed E-state index contributed by atoms with van der Waals surface area (Å²) < 4.78 is 0. The van der Waals surface area contributed by atoms with Crippen molar-refractivity contribution < 1.29 is 9.90 Å². The van der Waals surface area contributed by atoms with Crippen molar-refractivity contribution in [3.63, 3.8) is 0 Å². The van der Waals surface area contributed by atoms with Gasteiger partial charge in [-0.05, 0) is 31.2 Å². The molecule has 1 atom stereocenters. The summed E-state index contributed by atoms with van der Waals surface area (Å²) in [4.78, 5) is 15.0. The molecule has 0 bridgehead atoms. The van der Waals surface area contributed by atoms with Crippen LogP contribution >= 0.6 is 24.2 Å². The lowest BCUT2D eigenvalue weighted by molar-refractivity contribution is -0.131. The maximum atomic E-state index is 12.1. The van der Waals surface area contributed by atoms with Gasteiger partial charge < -0.3 is 15.3 Å². The van der Waals surface area contributed by atoms with E-state index in [4.69, 9.17) is 0 Å². The molecule has 0 saturated carbocycles. The Kier molecular flexibility index (Phi) is 6.48. The lowest BCUT2D eigenvalue weighted by Crippen LogP contribution is -2.52. The van der Waals surface area contributed by atoms with Gasteiger partial charge in [-0.15, -0.1) is 24.2 Å². The number of nitrogens with zero attached hydrogens (tertiary/aromatic N) is 1. The van der Waals surface area contributed by atoms with Crippen LogP contribution in [0.1, 0.15) is 6.92 Å². The first kappa shape index (κ1) is 16.1. The molecule has 1 aliphatic heterocycles. The van der Waals surface area contributed by atoms with Gasteiger partial charge >= 0.3 is 0 Å². The highest BCUT2D eigenvalue weighted by Gasteiger charge is 2.22. The predicted molar refractivity (Wildman–Crippen MR) is 80.1 cm³/mol. The van der Waals surface area contributed by atoms with Crippen molar-refractivity contribution in [2.24, 2.45) is 0 Å². The van der Waals surface area contributed by atoms with Crippen LogP contribution in [0.15, 0.2) is 29.2 Å². The number of piperazine rings is 1. The normalized spacial score (nSPS) is 18.8. The molecule has 1 saturated heterocycles. The number of phenols is 1. The summed E-state index contributed by atoms with van der Waals surface area (Å²) in [5.74, 6) is 0.887. The summed E-state index contributed by atoms with van der Waals surface area (Å²) in [7, 11) is 0. The quantitative estimate of drug-likeness (QED) is 0.835. The molecule has 0 aliphatic carbocycles. The van der Waals surface area contributed by atoms with Crippen LogP contribution in [-0.2, 0) is 4.79 Å². The van der Waals surface area contributed by atoms with E-state index in [1.807, 2.05) is 17.0 Å². The zero-order chi connectivity index (χ0) is 13.0. The molecule has 19 heavy (non-hydrogen) atoms. The highest BCUT2D eigenvalue weighted by molar-refractivity contribution is 8.00. The number of benzene rings is 1. The average molecular weight is 303 g/mol. The number of phenolic OH excluding ortho intramolecular Hbond substituents is 1. The van der Waals surface area contributed by atoms with Crippen LogP contribution in [0.4, 0.5) is 0 Å². The molecule has 0 aromatic heterocycles. The molecule has 1 aliphatic rings. The van der Waals surface area contributed by atoms with Crippen LogP contribution in [0.5, 0.6) is 5.75 Å². The summed E-state index contributed by atoms with van der Waals surface area (Å²) in [6.45, 7) is 4.60. The summed E-state index contributed by atoms with van der Waals surface area (Å²) in [6.07, 6.45) is 0. The maximum Gasteiger partial charge on any atom is 0.233 e. The minimum Gasteiger partial charge on any atom is -0.508 e. The van der Waals surface area contributed by atoms with Gasteiger partial charge in [0.25, 0.3) is 0 Å². The Morgan fingerprint density at radius 1 is 1.47 bits per heavy atom. The maximum absolute atomic E-state index is 12.1. The minimum absolute atomic E-state index is 0. The van der Waals surface area contributed by atoms with Crippen LogP contribution in [0.25, 0.3) is 0 Å². The SMILES string of the molecule is C[C@@H]1CNCCN1C(=O)CSc1ccc(O)cc1.Cl. The van der Waals surface area contributed by atoms with Crippen molar-refractivity contribution in [3.05, 3.63) is 24.3 Å². The Labute approximate surface area is 124 Å². The number of halogens is 1. The molecule has 4 nitrogen and oxygen atoms in total. The number of carbonyl (C=O) groups excluding carboxylic acids is 1. The van der Waals surface area contributed by atoms with Crippen molar-refractivity contribution in [2.45, 2.75) is 17.9 Å². The van der Waals surface area contributed by atoms with Crippen LogP contribution in [0.3, 0.4) is 0 Å². The summed E-state index contributed by atoms with van der Waals surface area (Å²) in [5.41, 5.74) is 0. The van der Waals surface area contributed by atoms with E-state index >= 15 is 0 Å². The van der Waals surface area contributed by atoms with Gasteiger partial charge in [-0.25, -0.2) is 0 Å². The lowest BCUT2D eigenvalue weighted by Gasteiger charge is -2.33. The van der Waals surface area contributed by atoms with Gasteiger partial charge in [-0.1, -0.05) is 0 Å². The number of carbonyl (C=O) groups is 1. The van der Waals surface area contributed by atoms with Crippen molar-refractivity contribution in [1.82, 2.24) is 10.2 Å². The Balaban J connectivity index is 0.00000180. The first-order valence-electron chi connectivity index (χ1n) is 6.09. The molecule has 0 unspecified atom stereocenters. The van der Waals surface area contributed by atoms with Crippen LogP contribution < -0.4 is 5.32 Å². The van der Waals surface area contributed by atoms with Crippen molar-refractivity contribution in [3.8, 4) is 5.75 Å². The molecular formula is C13H19ClN2O2S. The number of rotatable bonds is 3. The third-order valence-electron chi connectivity index (χ3n) is 3.02. The number of nitrogens with one attached hydrogen (secondary N) is 1. The molecule has 106 valence electrons. The molecule has 2 N–H and O–H groups in total. The van der Waals surface area contributed by atoms with Crippen molar-refractivity contribution in [1.29, 1.82) is 0 Å². The fourth-order valence-corrected chi connectivity index (χ4v) is 2.77. The second-order valence-corrected chi connectivity index (χ2v) is 5.47. The van der Waals surface area contributed by atoms with Gasteiger partial charge in [0, 0.05) is 30.6 Å². The third-order valence-corrected chi connectivity index (χ3v) is 4.02. The van der Waals surface area contributed by atoms with Gasteiger partial charge in [-0.3, -0.25) is 4.79 Å². The van der Waals surface area contributed by atoms with Gasteiger partial charge in [-0.2, -0.15) is 0 Å². The molecule has 1 heterocycles. The first-order valence-corrected chi connectivity index (χ1v) is 7.07. The fourth-order valence-electron chi connectivity index (χ4n) is 1.98. The highest BCUT2D eigenvalue weighted by Crippen LogP contribution is 2.21. The van der Waals surface area contributed by atoms with Gasteiger partial charge in [0.05, 0.1) is 5.75 Å². The molecule has 2 rings (SSSR count). The number of aromatic hydroxyl groups is 1. The monoisotopic (exact) mass is 302 g/mol. The summed E-state index contributed by atoms with van der Waals surface area (Å²) >= 11 is 1.51. The van der Waals surface area contributed by atoms with E-state index in [-0.39, 0.29) is 30.1 Å². The Hall–Kier alpha value is -0.910. The second-order valence-electron chi connectivity index (χ2n) is 4.42. The zero-order valence-corrected chi connectivity index (χ0v) is 12.5. The summed E-state index contributed by atoms with van der Waals surface area (Å²) in [6, 6.07) is 7.20. The van der Waals surface area contributed by atoms with E-state index in [0.717, 1.165) is 24.5 Å². The number of hydrogen-bond acceptors (Lipinski definition) is 4. The number of thioether (sulfide) groups is 1. The minimum atomic E-state index is 0. The van der Waals surface area contributed by atoms with Crippen LogP contribution in [0, 0.1) is 0 Å². The van der Waals surface area contributed by atoms with Crippen LogP contribution in [-0.4, -0.2) is 47.3 Å². The Morgan fingerprint density at radius 3 is 2.79 bits per heavy atom. The molecule has 0 radical (unpaired) electrons. The van der Waals surface area contributed by atoms with E-state index in [1.54, 1.807) is 12.1 Å². The first-order chi connectivity index (χ1) is 8.66. The molecule has 1 aromatic rings. The van der Waals surface area contributed by atoms with E-state index < -0.39 is 0 Å². The largest absolute Gasteiger partial charge is 0.508 e. The second kappa shape index (κ2) is 7.62. The van der Waals surface area contributed by atoms with Gasteiger partial charge in [0.2, 0.25) is 5.91 Å². The molecule has 1 amide bonds. The van der Waals surface area contributed by atoms with E-state index in [1.165, 1.54) is 11.8 Å². The van der Waals surface area contributed by atoms with Crippen molar-refractivity contribution in [2.75, 3.05) is 25.4 Å². The number of amides is 1. The van der Waals surface area contributed by atoms with Gasteiger partial charge in [0.1, 0.15) is 5.75 Å². The summed E-state index contributed by atoms with van der Waals surface area (Å²) in [5, 5.41) is 12.5. The van der Waals surface area contributed by atoms with Gasteiger partial charge in [0.15, 0.2) is 0 Å². The topological polar surface area (TPSA) is 52.6 Å². The third kappa shape index (κ3) is 4.60. The highest BCUT2D eigenvalue weighted by atomic mass is 35.5. The Bertz CT molecular complexity index is 414. The Morgan fingerprint density at radius 2 is 2.16 bits per heavy atom. The molecule has 1 aromatic carbocycles. The average Bonchev–Trinajstić information content (AvgIpc) is 2.38. The smallest absolute Gasteiger partial charge is 0.233 e. The van der Waals surface area contributed by atoms with E-state index in [2.05, 4.69) is 12.2 Å². The predicted octanol–water partition coefficient (Wildman–Crippen LogP) is 1.73. The molecule has 0 spiro atoms. The fraction of sp³-hybridized carbons (Fsp3) is 0.462. The molecule has 6 heteroatoms. The van der Waals surface area contributed by atoms with Crippen LogP contribution in [0.2, 0.25) is 0 Å². The van der Waals surface area contributed by atoms with Crippen molar-refractivity contribution >= 4 is 30.1 Å². The lowest BCUT2D eigenvalue weighted by atomic mass is 10.2. The number of hydrogen-bond donors (Lipinski definition) is 2. The zero-order valence-electron chi connectivity index (χ0n) is 10.8.